The van der Waals surface area contributed by atoms with Crippen LogP contribution in [0.2, 0.25) is 0 Å². The predicted molar refractivity (Wildman–Crippen MR) is 362 cm³/mol. The van der Waals surface area contributed by atoms with Crippen LogP contribution in [0.25, 0.3) is 0 Å². The summed E-state index contributed by atoms with van der Waals surface area (Å²) >= 11 is 0. The standard InChI is InChI=1S/C81H86O16/c82-70-74(90-52-64-40-22-7-23-41-64)71(87-49-61-34-16-4-17-35-61)68(56-85-47-59-30-12-2-13-31-59)94-80(70)97-78-76(92-54-66-44-26-9-27-45-66)73(89-51-63-38-20-6-21-39-63)69(57-86-48-60-32-14-3-15-33-60)95-81(78)96-77-75(91-53-65-42-24-8-25-43-65)72(88-50-62-36-18-5-19-37-62)67(93-79(77)83)55-84-46-58-28-10-1-11-29-58/h1-45,67-83H,46-57H2/t67-,68-,69-,70+,71-,72-,73-,74-,75+,76+,77+,78+,79+,80+,81-/m1/s1. The smallest absolute Gasteiger partial charge is 0.187 e. The van der Waals surface area contributed by atoms with Crippen molar-refractivity contribution in [3.63, 3.8) is 0 Å². The SMILES string of the molecule is O[C@@H]1[C@H](O[C@@H]2[C@@H](O[C@H]3[C@@H](OCc4ccccc4)[C@H](OCc4ccccc4)[C@@H](COCc4ccccc4)O[C@@H]3O)O[C@H](COCc3ccccc3)[C@@H](OCc3ccccc3)[C@@H]2OCc2ccccc2)O[C@H](COCc2ccccc2)[C@@H](OCc2ccccc2)[C@@H]1OCc1ccccc1. The molecule has 3 fully saturated rings. The highest BCUT2D eigenvalue weighted by molar-refractivity contribution is 5.21. The normalized spacial score (nSPS) is 25.7. The van der Waals surface area contributed by atoms with Gasteiger partial charge in [0.2, 0.25) is 0 Å². The number of hydrogen-bond acceptors (Lipinski definition) is 16. The highest BCUT2D eigenvalue weighted by atomic mass is 16.8. The van der Waals surface area contributed by atoms with Crippen LogP contribution in [0.3, 0.4) is 0 Å². The van der Waals surface area contributed by atoms with Crippen LogP contribution in [0.15, 0.2) is 273 Å². The van der Waals surface area contributed by atoms with Gasteiger partial charge in [0.05, 0.1) is 79.3 Å². The summed E-state index contributed by atoms with van der Waals surface area (Å²) in [5.41, 5.74) is 8.12. The third-order valence-corrected chi connectivity index (χ3v) is 17.3. The van der Waals surface area contributed by atoms with Crippen LogP contribution in [-0.2, 0) is 126 Å². The van der Waals surface area contributed by atoms with Crippen LogP contribution in [0, 0.1) is 0 Å². The Hall–Kier alpha value is -7.66. The van der Waals surface area contributed by atoms with Gasteiger partial charge in [-0.05, 0) is 50.1 Å². The molecule has 16 nitrogen and oxygen atoms in total. The number of rotatable bonds is 34. The molecule has 9 aromatic rings. The first-order chi connectivity index (χ1) is 47.9. The summed E-state index contributed by atoms with van der Waals surface area (Å²) in [6.45, 7) is 1.46. The van der Waals surface area contributed by atoms with E-state index in [1.807, 2.05) is 273 Å². The Kier molecular flexibility index (Phi) is 26.3. The molecule has 0 saturated carbocycles. The van der Waals surface area contributed by atoms with Crippen LogP contribution in [-0.4, -0.2) is 122 Å². The zero-order valence-electron chi connectivity index (χ0n) is 54.2. The maximum Gasteiger partial charge on any atom is 0.187 e. The molecule has 0 aromatic heterocycles. The Morgan fingerprint density at radius 3 is 0.763 bits per heavy atom. The molecule has 0 aliphatic carbocycles. The van der Waals surface area contributed by atoms with Crippen molar-refractivity contribution >= 4 is 0 Å². The molecule has 506 valence electrons. The molecule has 0 amide bonds. The molecule has 9 aromatic carbocycles. The average Bonchev–Trinajstić information content (AvgIpc) is 0.776. The molecule has 3 saturated heterocycles. The number of hydrogen-bond donors (Lipinski definition) is 2. The molecule has 15 atom stereocenters. The minimum Gasteiger partial charge on any atom is -0.385 e. The summed E-state index contributed by atoms with van der Waals surface area (Å²) in [5, 5.41) is 26.1. The van der Waals surface area contributed by atoms with Crippen molar-refractivity contribution in [2.75, 3.05) is 19.8 Å². The van der Waals surface area contributed by atoms with Gasteiger partial charge in [0, 0.05) is 0 Å². The molecule has 3 aliphatic rings. The van der Waals surface area contributed by atoms with Gasteiger partial charge in [-0.2, -0.15) is 0 Å². The molecular weight excluding hydrogens is 1230 g/mol. The molecule has 2 N–H and O–H groups in total. The van der Waals surface area contributed by atoms with E-state index in [2.05, 4.69) is 0 Å². The van der Waals surface area contributed by atoms with Gasteiger partial charge in [-0.1, -0.05) is 273 Å². The molecule has 97 heavy (non-hydrogen) atoms. The van der Waals surface area contributed by atoms with Gasteiger partial charge in [-0.15, -0.1) is 0 Å². The second-order valence-corrected chi connectivity index (χ2v) is 24.4. The molecule has 3 heterocycles. The van der Waals surface area contributed by atoms with E-state index < -0.39 is 92.1 Å². The maximum absolute atomic E-state index is 13.3. The summed E-state index contributed by atoms with van der Waals surface area (Å²) in [6.07, 6.45) is -17.8. The summed E-state index contributed by atoms with van der Waals surface area (Å²) in [4.78, 5) is 0. The van der Waals surface area contributed by atoms with Crippen LogP contribution < -0.4 is 0 Å². The molecule has 16 heteroatoms. The lowest BCUT2D eigenvalue weighted by Crippen LogP contribution is -2.68. The van der Waals surface area contributed by atoms with E-state index in [0.717, 1.165) is 50.1 Å². The van der Waals surface area contributed by atoms with Gasteiger partial charge in [0.15, 0.2) is 18.9 Å². The predicted octanol–water partition coefficient (Wildman–Crippen LogP) is 12.4. The van der Waals surface area contributed by atoms with E-state index in [-0.39, 0.29) is 79.3 Å². The number of aliphatic hydroxyl groups excluding tert-OH is 2. The fourth-order valence-corrected chi connectivity index (χ4v) is 12.3. The Morgan fingerprint density at radius 1 is 0.227 bits per heavy atom. The van der Waals surface area contributed by atoms with E-state index in [1.54, 1.807) is 0 Å². The highest BCUT2D eigenvalue weighted by Crippen LogP contribution is 2.39. The van der Waals surface area contributed by atoms with Crippen molar-refractivity contribution in [3.8, 4) is 0 Å². The molecule has 0 spiro atoms. The fraction of sp³-hybridized carbons (Fsp3) is 0.333. The molecule has 0 radical (unpaired) electrons. The van der Waals surface area contributed by atoms with Crippen molar-refractivity contribution in [2.45, 2.75) is 152 Å². The van der Waals surface area contributed by atoms with Crippen molar-refractivity contribution in [1.29, 1.82) is 0 Å². The monoisotopic (exact) mass is 1310 g/mol. The minimum atomic E-state index is -1.68. The summed E-state index contributed by atoms with van der Waals surface area (Å²) in [5.74, 6) is 0. The molecule has 3 aliphatic heterocycles. The van der Waals surface area contributed by atoms with Crippen molar-refractivity contribution in [1.82, 2.24) is 0 Å². The van der Waals surface area contributed by atoms with Crippen LogP contribution in [0.1, 0.15) is 50.1 Å². The zero-order valence-corrected chi connectivity index (χ0v) is 54.2. The van der Waals surface area contributed by atoms with E-state index in [9.17, 15) is 10.2 Å². The lowest BCUT2D eigenvalue weighted by molar-refractivity contribution is -0.402. The highest BCUT2D eigenvalue weighted by Gasteiger charge is 2.57. The van der Waals surface area contributed by atoms with E-state index in [1.165, 1.54) is 0 Å². The Bertz CT molecular complexity index is 3600. The summed E-state index contributed by atoms with van der Waals surface area (Å²) < 4.78 is 97.8. The van der Waals surface area contributed by atoms with Crippen molar-refractivity contribution in [3.05, 3.63) is 323 Å². The van der Waals surface area contributed by atoms with Gasteiger partial charge >= 0.3 is 0 Å². The molecular formula is C81H86O16. The first-order valence-corrected chi connectivity index (χ1v) is 33.4. The second-order valence-electron chi connectivity index (χ2n) is 24.4. The topological polar surface area (TPSA) is 170 Å². The van der Waals surface area contributed by atoms with E-state index >= 15 is 0 Å². The van der Waals surface area contributed by atoms with Crippen LogP contribution >= 0.6 is 0 Å². The lowest BCUT2D eigenvalue weighted by Gasteiger charge is -2.51. The van der Waals surface area contributed by atoms with Gasteiger partial charge in [0.1, 0.15) is 73.2 Å². The van der Waals surface area contributed by atoms with E-state index in [0.29, 0.717) is 0 Å². The van der Waals surface area contributed by atoms with E-state index in [4.69, 9.17) is 66.3 Å². The van der Waals surface area contributed by atoms with Gasteiger partial charge < -0.3 is 76.5 Å². The Labute approximate surface area is 568 Å². The molecule has 0 bridgehead atoms. The maximum atomic E-state index is 13.3. The summed E-state index contributed by atoms with van der Waals surface area (Å²) in [6, 6.07) is 88.3. The Morgan fingerprint density at radius 2 is 0.454 bits per heavy atom. The third-order valence-electron chi connectivity index (χ3n) is 17.3. The third kappa shape index (κ3) is 20.2. The zero-order chi connectivity index (χ0) is 66.1. The van der Waals surface area contributed by atoms with Crippen LogP contribution in [0.5, 0.6) is 0 Å². The fourth-order valence-electron chi connectivity index (χ4n) is 12.3. The quantitative estimate of drug-likeness (QED) is 0.0390. The van der Waals surface area contributed by atoms with Crippen LogP contribution in [0.4, 0.5) is 0 Å². The van der Waals surface area contributed by atoms with Crippen molar-refractivity contribution in [2.24, 2.45) is 0 Å². The van der Waals surface area contributed by atoms with Gasteiger partial charge in [0.25, 0.3) is 0 Å². The first kappa shape index (κ1) is 69.2. The number of benzene rings is 9. The van der Waals surface area contributed by atoms with Crippen molar-refractivity contribution < 1.29 is 76.5 Å². The largest absolute Gasteiger partial charge is 0.385 e. The first-order valence-electron chi connectivity index (χ1n) is 33.4. The lowest BCUT2D eigenvalue weighted by atomic mass is 9.95. The second kappa shape index (κ2) is 36.8. The Balaban J connectivity index is 0.950. The average molecular weight is 1320 g/mol. The minimum absolute atomic E-state index is 0.00254. The number of ether oxygens (including phenoxy) is 14. The molecule has 12 rings (SSSR count). The van der Waals surface area contributed by atoms with Gasteiger partial charge in [-0.3, -0.25) is 0 Å². The van der Waals surface area contributed by atoms with Gasteiger partial charge in [-0.25, -0.2) is 0 Å². The number of aliphatic hydroxyl groups is 2. The molecule has 0 unspecified atom stereocenters. The summed E-state index contributed by atoms with van der Waals surface area (Å²) in [7, 11) is 0.